The quantitative estimate of drug-likeness (QED) is 0.733. The van der Waals surface area contributed by atoms with Crippen molar-refractivity contribution < 1.29 is 4.79 Å². The van der Waals surface area contributed by atoms with Crippen molar-refractivity contribution >= 4 is 11.6 Å². The molecule has 2 fully saturated rings. The van der Waals surface area contributed by atoms with Gasteiger partial charge in [-0.05, 0) is 37.7 Å². The molecule has 0 spiro atoms. The third-order valence-electron chi connectivity index (χ3n) is 3.93. The molecule has 5 nitrogen and oxygen atoms in total. The van der Waals surface area contributed by atoms with Gasteiger partial charge in [0, 0.05) is 11.8 Å². The van der Waals surface area contributed by atoms with Gasteiger partial charge < -0.3 is 0 Å². The summed E-state index contributed by atoms with van der Waals surface area (Å²) < 4.78 is 0. The van der Waals surface area contributed by atoms with Crippen LogP contribution < -0.4 is 16.3 Å². The van der Waals surface area contributed by atoms with Gasteiger partial charge in [0.05, 0.1) is 0 Å². The first-order valence-corrected chi connectivity index (χ1v) is 7.24. The first-order valence-electron chi connectivity index (χ1n) is 7.24. The van der Waals surface area contributed by atoms with Crippen molar-refractivity contribution in [1.29, 1.82) is 0 Å². The van der Waals surface area contributed by atoms with Crippen LogP contribution >= 0.6 is 0 Å². The highest BCUT2D eigenvalue weighted by atomic mass is 16.2. The largest absolute Gasteiger partial charge is 0.271 e. The smallest absolute Gasteiger partial charge is 0.258 e. The number of hydrogen-bond donors (Lipinski definition) is 3. The van der Waals surface area contributed by atoms with E-state index >= 15 is 0 Å². The molecule has 2 unspecified atom stereocenters. The lowest BCUT2D eigenvalue weighted by atomic mass is 10.0. The molecular formula is C15H20N4O. The van der Waals surface area contributed by atoms with Crippen LogP contribution in [0.4, 0.5) is 0 Å². The molecule has 1 saturated heterocycles. The zero-order valence-electron chi connectivity index (χ0n) is 11.4. The number of amides is 1. The highest BCUT2D eigenvalue weighted by Crippen LogP contribution is 2.21. The zero-order valence-corrected chi connectivity index (χ0v) is 11.4. The Hall–Kier alpha value is -1.72. The molecule has 1 aromatic rings. The van der Waals surface area contributed by atoms with Crippen LogP contribution in [0.2, 0.25) is 0 Å². The molecule has 5 heteroatoms. The highest BCUT2D eigenvalue weighted by Gasteiger charge is 2.30. The van der Waals surface area contributed by atoms with E-state index in [-0.39, 0.29) is 18.0 Å². The molecule has 1 heterocycles. The maximum atomic E-state index is 12.1. The van der Waals surface area contributed by atoms with Crippen molar-refractivity contribution in [3.8, 4) is 0 Å². The van der Waals surface area contributed by atoms with Crippen molar-refractivity contribution in [1.82, 2.24) is 16.3 Å². The molecule has 0 bridgehead atoms. The van der Waals surface area contributed by atoms with E-state index in [1.54, 1.807) is 0 Å². The Bertz CT molecular complexity index is 492. The summed E-state index contributed by atoms with van der Waals surface area (Å²) in [5.74, 6) is -0.0599. The highest BCUT2D eigenvalue weighted by molar-refractivity contribution is 5.88. The first kappa shape index (κ1) is 13.3. The Morgan fingerprint density at radius 3 is 2.65 bits per heavy atom. The van der Waals surface area contributed by atoms with Gasteiger partial charge in [-0.3, -0.25) is 4.79 Å². The van der Waals surface area contributed by atoms with Crippen LogP contribution in [0, 0.1) is 0 Å². The minimum absolute atomic E-state index is 0.0599. The zero-order chi connectivity index (χ0) is 13.8. The monoisotopic (exact) mass is 272 g/mol. The number of hydrazine groups is 1. The van der Waals surface area contributed by atoms with Gasteiger partial charge in [-0.2, -0.15) is 5.10 Å². The number of hydrogen-bond acceptors (Lipinski definition) is 4. The topological polar surface area (TPSA) is 65.5 Å². The van der Waals surface area contributed by atoms with E-state index in [2.05, 4.69) is 33.5 Å². The van der Waals surface area contributed by atoms with E-state index in [0.29, 0.717) is 0 Å². The summed E-state index contributed by atoms with van der Waals surface area (Å²) in [6.07, 6.45) is 5.15. The van der Waals surface area contributed by atoms with Crippen LogP contribution in [-0.4, -0.2) is 17.7 Å². The minimum Gasteiger partial charge on any atom is -0.271 e. The van der Waals surface area contributed by atoms with Gasteiger partial charge in [-0.25, -0.2) is 16.3 Å². The average molecular weight is 272 g/mol. The lowest BCUT2D eigenvalue weighted by molar-refractivity contribution is -0.122. The summed E-state index contributed by atoms with van der Waals surface area (Å²) in [4.78, 5) is 12.1. The Morgan fingerprint density at radius 1 is 1.15 bits per heavy atom. The average Bonchev–Trinajstić information content (AvgIpc) is 3.17. The Balaban J connectivity index is 1.54. The summed E-state index contributed by atoms with van der Waals surface area (Å²) in [6.45, 7) is 0. The number of carbonyl (C=O) groups is 1. The molecule has 0 radical (unpaired) electrons. The molecule has 2 atom stereocenters. The molecule has 106 valence electrons. The van der Waals surface area contributed by atoms with Crippen LogP contribution in [-0.2, 0) is 4.79 Å². The van der Waals surface area contributed by atoms with E-state index < -0.39 is 0 Å². The predicted octanol–water partition coefficient (Wildman–Crippen LogP) is 1.64. The summed E-state index contributed by atoms with van der Waals surface area (Å²) in [7, 11) is 0. The van der Waals surface area contributed by atoms with Gasteiger partial charge in [0.15, 0.2) is 0 Å². The summed E-state index contributed by atoms with van der Waals surface area (Å²) in [6, 6.07) is 10.1. The fourth-order valence-electron chi connectivity index (χ4n) is 2.74. The van der Waals surface area contributed by atoms with E-state index in [0.717, 1.165) is 25.0 Å². The molecular weight excluding hydrogens is 252 g/mol. The first-order chi connectivity index (χ1) is 9.83. The molecule has 1 aliphatic heterocycles. The van der Waals surface area contributed by atoms with Crippen LogP contribution in [0.3, 0.4) is 0 Å². The minimum atomic E-state index is -0.231. The van der Waals surface area contributed by atoms with Gasteiger partial charge in [0.25, 0.3) is 5.91 Å². The van der Waals surface area contributed by atoms with Crippen molar-refractivity contribution in [2.75, 3.05) is 0 Å². The fourth-order valence-corrected chi connectivity index (χ4v) is 2.74. The maximum Gasteiger partial charge on any atom is 0.258 e. The third kappa shape index (κ3) is 3.05. The van der Waals surface area contributed by atoms with E-state index in [1.807, 2.05) is 18.2 Å². The second-order valence-corrected chi connectivity index (χ2v) is 5.40. The fraction of sp³-hybridized carbons (Fsp3) is 0.467. The van der Waals surface area contributed by atoms with Gasteiger partial charge in [-0.15, -0.1) is 0 Å². The van der Waals surface area contributed by atoms with Crippen molar-refractivity contribution in [3.05, 3.63) is 35.9 Å². The SMILES string of the molecule is O=C(NN=C1CCCC1)C1CC(c2ccccc2)NN1. The second-order valence-electron chi connectivity index (χ2n) is 5.40. The van der Waals surface area contributed by atoms with Crippen LogP contribution in [0.25, 0.3) is 0 Å². The molecule has 1 aliphatic carbocycles. The number of rotatable bonds is 3. The molecule has 20 heavy (non-hydrogen) atoms. The Kier molecular flexibility index (Phi) is 4.08. The molecule has 2 aliphatic rings. The van der Waals surface area contributed by atoms with E-state index in [1.165, 1.54) is 18.4 Å². The number of hydrazone groups is 1. The van der Waals surface area contributed by atoms with E-state index in [4.69, 9.17) is 0 Å². The standard InChI is InChI=1S/C15H20N4O/c20-15(19-16-12-8-4-5-9-12)14-10-13(17-18-14)11-6-2-1-3-7-11/h1-3,6-7,13-14,17-18H,4-5,8-10H2,(H,19,20). The lowest BCUT2D eigenvalue weighted by Crippen LogP contribution is -2.41. The number of carbonyl (C=O) groups excluding carboxylic acids is 1. The molecule has 1 amide bonds. The molecule has 0 aromatic heterocycles. The third-order valence-corrected chi connectivity index (χ3v) is 3.93. The van der Waals surface area contributed by atoms with Gasteiger partial charge in [0.1, 0.15) is 6.04 Å². The molecule has 1 aromatic carbocycles. The number of nitrogens with zero attached hydrogens (tertiary/aromatic N) is 1. The summed E-state index contributed by atoms with van der Waals surface area (Å²) >= 11 is 0. The maximum absolute atomic E-state index is 12.1. The Labute approximate surface area is 118 Å². The molecule has 3 N–H and O–H groups in total. The number of nitrogens with one attached hydrogen (secondary N) is 3. The van der Waals surface area contributed by atoms with Gasteiger partial charge >= 0.3 is 0 Å². The van der Waals surface area contributed by atoms with Gasteiger partial charge in [0.2, 0.25) is 0 Å². The van der Waals surface area contributed by atoms with Crippen molar-refractivity contribution in [2.24, 2.45) is 5.10 Å². The van der Waals surface area contributed by atoms with Crippen LogP contribution in [0.5, 0.6) is 0 Å². The second kappa shape index (κ2) is 6.15. The number of benzene rings is 1. The lowest BCUT2D eigenvalue weighted by Gasteiger charge is -2.09. The van der Waals surface area contributed by atoms with Crippen LogP contribution in [0.1, 0.15) is 43.7 Å². The summed E-state index contributed by atoms with van der Waals surface area (Å²) in [5, 5.41) is 4.21. The van der Waals surface area contributed by atoms with Gasteiger partial charge in [-0.1, -0.05) is 30.3 Å². The predicted molar refractivity (Wildman–Crippen MR) is 77.9 cm³/mol. The summed E-state index contributed by atoms with van der Waals surface area (Å²) in [5.41, 5.74) is 11.2. The Morgan fingerprint density at radius 2 is 1.90 bits per heavy atom. The molecule has 1 saturated carbocycles. The normalized spacial score (nSPS) is 25.7. The van der Waals surface area contributed by atoms with Crippen LogP contribution in [0.15, 0.2) is 35.4 Å². The van der Waals surface area contributed by atoms with Crippen molar-refractivity contribution in [2.45, 2.75) is 44.2 Å². The molecule has 3 rings (SSSR count). The van der Waals surface area contributed by atoms with E-state index in [9.17, 15) is 4.79 Å². The van der Waals surface area contributed by atoms with Crippen molar-refractivity contribution in [3.63, 3.8) is 0 Å².